The van der Waals surface area contributed by atoms with Crippen LogP contribution in [0.3, 0.4) is 0 Å². The molecule has 3 nitrogen and oxygen atoms in total. The van der Waals surface area contributed by atoms with E-state index in [1.165, 1.54) is 11.3 Å². The highest BCUT2D eigenvalue weighted by molar-refractivity contribution is 7.99. The topological polar surface area (TPSA) is 40.7 Å². The highest BCUT2D eigenvalue weighted by Crippen LogP contribution is 2.22. The Labute approximate surface area is 91.3 Å². The zero-order valence-corrected chi connectivity index (χ0v) is 10.3. The van der Waals surface area contributed by atoms with Crippen LogP contribution < -0.4 is 5.32 Å². The molecule has 13 heavy (non-hydrogen) atoms. The van der Waals surface area contributed by atoms with Crippen molar-refractivity contribution >= 4 is 40.4 Å². The minimum absolute atomic E-state index is 0.229. The van der Waals surface area contributed by atoms with Gasteiger partial charge in [0, 0.05) is 11.3 Å². The number of thioether (sulfide) groups is 1. The Morgan fingerprint density at radius 2 is 2.38 bits per heavy atom. The van der Waals surface area contributed by atoms with Gasteiger partial charge in [0.15, 0.2) is 3.95 Å². The summed E-state index contributed by atoms with van der Waals surface area (Å²) in [6.45, 7) is 5.28. The monoisotopic (exact) mass is 235 g/mol. The van der Waals surface area contributed by atoms with Gasteiger partial charge in [0.1, 0.15) is 0 Å². The Hall–Kier alpha value is -0.0700. The van der Waals surface area contributed by atoms with E-state index in [0.717, 1.165) is 11.7 Å². The number of H-pyrrole nitrogens is 1. The normalized spacial score (nSPS) is 11.6. The van der Waals surface area contributed by atoms with Crippen molar-refractivity contribution < 1.29 is 0 Å². The third kappa shape index (κ3) is 3.66. The number of rotatable bonds is 4. The highest BCUT2D eigenvalue weighted by atomic mass is 32.2. The van der Waals surface area contributed by atoms with Crippen LogP contribution in [0.5, 0.6) is 0 Å². The SMILES string of the molecule is CSC(C)(C)CNc1n[nH]c(=S)s1. The molecule has 0 saturated heterocycles. The molecule has 1 heterocycles. The number of aromatic amines is 1. The summed E-state index contributed by atoms with van der Waals surface area (Å²) in [6.07, 6.45) is 2.11. The Morgan fingerprint density at radius 1 is 1.69 bits per heavy atom. The second-order valence-electron chi connectivity index (χ2n) is 3.24. The van der Waals surface area contributed by atoms with Crippen LogP contribution in [-0.4, -0.2) is 27.7 Å². The van der Waals surface area contributed by atoms with Gasteiger partial charge in [-0.2, -0.15) is 11.8 Å². The fourth-order valence-electron chi connectivity index (χ4n) is 0.666. The molecule has 2 N–H and O–H groups in total. The molecule has 74 valence electrons. The predicted molar refractivity (Wildman–Crippen MR) is 63.4 cm³/mol. The molecule has 0 radical (unpaired) electrons. The highest BCUT2D eigenvalue weighted by Gasteiger charge is 2.15. The average molecular weight is 235 g/mol. The molecule has 0 amide bonds. The number of anilines is 1. The Balaban J connectivity index is 2.48. The first-order chi connectivity index (χ1) is 6.03. The maximum absolute atomic E-state index is 4.92. The van der Waals surface area contributed by atoms with Crippen LogP contribution in [0.2, 0.25) is 0 Å². The van der Waals surface area contributed by atoms with E-state index in [0.29, 0.717) is 3.95 Å². The first-order valence-electron chi connectivity index (χ1n) is 3.88. The molecule has 0 aromatic carbocycles. The second kappa shape index (κ2) is 4.43. The van der Waals surface area contributed by atoms with Crippen molar-refractivity contribution in [2.75, 3.05) is 18.1 Å². The molecule has 0 aliphatic rings. The minimum atomic E-state index is 0.229. The molecular formula is C7H13N3S3. The molecule has 0 fully saturated rings. The third-order valence-corrected chi connectivity index (χ3v) is 3.95. The van der Waals surface area contributed by atoms with E-state index in [2.05, 4.69) is 35.6 Å². The molecule has 1 rings (SSSR count). The summed E-state index contributed by atoms with van der Waals surface area (Å²) >= 11 is 8.22. The largest absolute Gasteiger partial charge is 0.359 e. The maximum atomic E-state index is 4.92. The van der Waals surface area contributed by atoms with Gasteiger partial charge in [0.2, 0.25) is 5.13 Å². The summed E-state index contributed by atoms with van der Waals surface area (Å²) in [5, 5.41) is 10.9. The molecule has 0 atom stereocenters. The lowest BCUT2D eigenvalue weighted by Gasteiger charge is -2.21. The van der Waals surface area contributed by atoms with Gasteiger partial charge < -0.3 is 5.32 Å². The quantitative estimate of drug-likeness (QED) is 0.787. The van der Waals surface area contributed by atoms with E-state index in [4.69, 9.17) is 12.2 Å². The first kappa shape index (κ1) is 11.0. The number of nitrogens with zero attached hydrogens (tertiary/aromatic N) is 1. The van der Waals surface area contributed by atoms with Crippen molar-refractivity contribution in [3.05, 3.63) is 3.95 Å². The molecule has 0 spiro atoms. The van der Waals surface area contributed by atoms with Crippen LogP contribution in [0, 0.1) is 3.95 Å². The van der Waals surface area contributed by atoms with Crippen LogP contribution in [0.25, 0.3) is 0 Å². The molecule has 0 unspecified atom stereocenters. The Bertz CT molecular complexity index is 315. The standard InChI is InChI=1S/C7H13N3S3/c1-7(2,12-3)4-8-5-9-10-6(11)13-5/h4H2,1-3H3,(H,8,9)(H,10,11). The van der Waals surface area contributed by atoms with E-state index >= 15 is 0 Å². The number of hydrogen-bond acceptors (Lipinski definition) is 5. The van der Waals surface area contributed by atoms with E-state index < -0.39 is 0 Å². The van der Waals surface area contributed by atoms with Gasteiger partial charge in [-0.3, -0.25) is 5.10 Å². The molecule has 6 heteroatoms. The molecular weight excluding hydrogens is 222 g/mol. The van der Waals surface area contributed by atoms with Gasteiger partial charge in [0.25, 0.3) is 0 Å². The molecule has 0 aliphatic carbocycles. The van der Waals surface area contributed by atoms with Gasteiger partial charge in [-0.1, -0.05) is 11.3 Å². The van der Waals surface area contributed by atoms with E-state index in [-0.39, 0.29) is 4.75 Å². The predicted octanol–water partition coefficient (Wildman–Crippen LogP) is 2.75. The fourth-order valence-corrected chi connectivity index (χ4v) is 1.67. The molecule has 0 bridgehead atoms. The van der Waals surface area contributed by atoms with E-state index in [1.54, 1.807) is 0 Å². The van der Waals surface area contributed by atoms with Crippen molar-refractivity contribution in [3.63, 3.8) is 0 Å². The Morgan fingerprint density at radius 3 is 2.85 bits per heavy atom. The van der Waals surface area contributed by atoms with Crippen LogP contribution in [0.15, 0.2) is 0 Å². The number of hydrogen-bond donors (Lipinski definition) is 2. The zero-order chi connectivity index (χ0) is 9.90. The van der Waals surface area contributed by atoms with Crippen LogP contribution in [0.1, 0.15) is 13.8 Å². The van der Waals surface area contributed by atoms with Crippen LogP contribution >= 0.6 is 35.3 Å². The van der Waals surface area contributed by atoms with Crippen molar-refractivity contribution in [2.45, 2.75) is 18.6 Å². The van der Waals surface area contributed by atoms with Crippen molar-refractivity contribution in [3.8, 4) is 0 Å². The summed E-state index contributed by atoms with van der Waals surface area (Å²) in [5.41, 5.74) is 0. The third-order valence-electron chi connectivity index (χ3n) is 1.66. The lowest BCUT2D eigenvalue weighted by Crippen LogP contribution is -2.25. The number of nitrogens with one attached hydrogen (secondary N) is 2. The van der Waals surface area contributed by atoms with Gasteiger partial charge in [0.05, 0.1) is 0 Å². The van der Waals surface area contributed by atoms with Gasteiger partial charge in [-0.25, -0.2) is 0 Å². The molecule has 0 aliphatic heterocycles. The smallest absolute Gasteiger partial charge is 0.204 e. The zero-order valence-electron chi connectivity index (χ0n) is 7.88. The van der Waals surface area contributed by atoms with Gasteiger partial charge in [-0.05, 0) is 32.3 Å². The second-order valence-corrected chi connectivity index (χ2v) is 6.41. The summed E-state index contributed by atoms with van der Waals surface area (Å²) < 4.78 is 0.942. The lowest BCUT2D eigenvalue weighted by molar-refractivity contribution is 0.750. The van der Waals surface area contributed by atoms with Crippen LogP contribution in [-0.2, 0) is 0 Å². The summed E-state index contributed by atoms with van der Waals surface area (Å²) in [4.78, 5) is 0. The van der Waals surface area contributed by atoms with Crippen molar-refractivity contribution in [2.24, 2.45) is 0 Å². The lowest BCUT2D eigenvalue weighted by atomic mass is 10.2. The minimum Gasteiger partial charge on any atom is -0.359 e. The Kier molecular flexibility index (Phi) is 3.75. The molecule has 1 aromatic rings. The summed E-state index contributed by atoms with van der Waals surface area (Å²) in [7, 11) is 0. The number of aromatic nitrogens is 2. The summed E-state index contributed by atoms with van der Waals surface area (Å²) in [5.74, 6) is 0. The maximum Gasteiger partial charge on any atom is 0.204 e. The summed E-state index contributed by atoms with van der Waals surface area (Å²) in [6, 6.07) is 0. The van der Waals surface area contributed by atoms with Crippen molar-refractivity contribution in [1.29, 1.82) is 0 Å². The van der Waals surface area contributed by atoms with E-state index in [1.807, 2.05) is 11.8 Å². The van der Waals surface area contributed by atoms with Gasteiger partial charge in [-0.15, -0.1) is 5.10 Å². The first-order valence-corrected chi connectivity index (χ1v) is 6.33. The molecule has 1 aromatic heterocycles. The van der Waals surface area contributed by atoms with Crippen molar-refractivity contribution in [1.82, 2.24) is 10.2 Å². The van der Waals surface area contributed by atoms with Crippen LogP contribution in [0.4, 0.5) is 5.13 Å². The van der Waals surface area contributed by atoms with Gasteiger partial charge >= 0.3 is 0 Å². The average Bonchev–Trinajstić information content (AvgIpc) is 2.48. The fraction of sp³-hybridized carbons (Fsp3) is 0.714. The van der Waals surface area contributed by atoms with E-state index in [9.17, 15) is 0 Å². The molecule has 0 saturated carbocycles.